The van der Waals surface area contributed by atoms with Gasteiger partial charge in [0.2, 0.25) is 0 Å². The van der Waals surface area contributed by atoms with Gasteiger partial charge in [-0.1, -0.05) is 27.7 Å². The van der Waals surface area contributed by atoms with Gasteiger partial charge in [0.15, 0.2) is 0 Å². The third-order valence-corrected chi connectivity index (χ3v) is 9.78. The molecule has 6 unspecified atom stereocenters. The Labute approximate surface area is 256 Å². The number of aromatic amines is 1. The zero-order chi connectivity index (χ0) is 33.0. The summed E-state index contributed by atoms with van der Waals surface area (Å²) in [6.07, 6.45) is -1.00. The summed E-state index contributed by atoms with van der Waals surface area (Å²) in [5, 5.41) is 28.4. The van der Waals surface area contributed by atoms with E-state index in [1.807, 2.05) is 27.7 Å². The van der Waals surface area contributed by atoms with Crippen molar-refractivity contribution in [1.82, 2.24) is 19.7 Å². The monoisotopic (exact) mass is 646 g/mol. The highest BCUT2D eigenvalue weighted by Gasteiger charge is 2.74. The molecule has 0 spiro atoms. The quantitative estimate of drug-likeness (QED) is 0.126. The lowest BCUT2D eigenvalue weighted by molar-refractivity contribution is -0.236. The van der Waals surface area contributed by atoms with Crippen LogP contribution in [0.4, 0.5) is 0 Å². The van der Waals surface area contributed by atoms with E-state index in [0.29, 0.717) is 0 Å². The SMILES string of the molecule is CCOC(=O)C(CC(C)C)NP(=O)(NC(CC(C)C)C(=O)OCC)OC[C@H]1OC2(C)CC(n3ccc(=O)[nH]c3=O)C2(O)C1O. The predicted molar refractivity (Wildman–Crippen MR) is 159 cm³/mol. The minimum absolute atomic E-state index is 0.0139. The van der Waals surface area contributed by atoms with E-state index in [9.17, 15) is 34.0 Å². The highest BCUT2D eigenvalue weighted by molar-refractivity contribution is 7.54. The second kappa shape index (κ2) is 14.4. The van der Waals surface area contributed by atoms with Crippen LogP contribution in [0.2, 0.25) is 0 Å². The largest absolute Gasteiger partial charge is 0.465 e. The van der Waals surface area contributed by atoms with Crippen molar-refractivity contribution in [3.8, 4) is 0 Å². The molecule has 15 nitrogen and oxygen atoms in total. The van der Waals surface area contributed by atoms with Crippen LogP contribution in [0, 0.1) is 11.8 Å². The number of nitrogens with one attached hydrogen (secondary N) is 3. The molecule has 2 heterocycles. The average molecular weight is 647 g/mol. The average Bonchev–Trinajstić information content (AvgIpc) is 3.06. The van der Waals surface area contributed by atoms with Crippen molar-refractivity contribution in [1.29, 1.82) is 0 Å². The molecule has 1 saturated carbocycles. The summed E-state index contributed by atoms with van der Waals surface area (Å²) in [6.45, 7) is 12.0. The molecule has 44 heavy (non-hydrogen) atoms. The Morgan fingerprint density at radius 2 is 1.61 bits per heavy atom. The van der Waals surface area contributed by atoms with Crippen LogP contribution < -0.4 is 21.4 Å². The van der Waals surface area contributed by atoms with Crippen LogP contribution in [0.25, 0.3) is 0 Å². The van der Waals surface area contributed by atoms with E-state index in [1.165, 1.54) is 6.20 Å². The van der Waals surface area contributed by atoms with Gasteiger partial charge in [-0.05, 0) is 45.4 Å². The van der Waals surface area contributed by atoms with Crippen molar-refractivity contribution < 1.29 is 43.1 Å². The Kier molecular flexibility index (Phi) is 11.8. The molecule has 2 fully saturated rings. The molecule has 0 bridgehead atoms. The minimum atomic E-state index is -4.30. The summed E-state index contributed by atoms with van der Waals surface area (Å²) >= 11 is 0. The molecular weight excluding hydrogens is 599 g/mol. The number of carbonyl (C=O) groups is 2. The molecule has 1 aromatic heterocycles. The fourth-order valence-corrected chi connectivity index (χ4v) is 7.71. The molecule has 1 aliphatic heterocycles. The number of carbonyl (C=O) groups excluding carboxylic acids is 2. The van der Waals surface area contributed by atoms with Gasteiger partial charge in [0.25, 0.3) is 5.56 Å². The number of rotatable bonds is 16. The first-order valence-electron chi connectivity index (χ1n) is 15.0. The summed E-state index contributed by atoms with van der Waals surface area (Å²) in [5.41, 5.74) is -4.62. The maximum absolute atomic E-state index is 14.4. The van der Waals surface area contributed by atoms with E-state index < -0.39 is 79.0 Å². The zero-order valence-corrected chi connectivity index (χ0v) is 27.3. The number of aliphatic hydroxyl groups is 2. The molecule has 250 valence electrons. The van der Waals surface area contributed by atoms with Crippen molar-refractivity contribution in [3.63, 3.8) is 0 Å². The van der Waals surface area contributed by atoms with E-state index in [0.717, 1.165) is 10.6 Å². The number of aromatic nitrogens is 2. The first-order chi connectivity index (χ1) is 20.5. The van der Waals surface area contributed by atoms with E-state index in [1.54, 1.807) is 20.8 Å². The number of aliphatic hydroxyl groups excluding tert-OH is 1. The van der Waals surface area contributed by atoms with Gasteiger partial charge in [-0.2, -0.15) is 0 Å². The summed E-state index contributed by atoms with van der Waals surface area (Å²) < 4.78 is 37.8. The number of hydrogen-bond acceptors (Lipinski definition) is 11. The van der Waals surface area contributed by atoms with Crippen LogP contribution in [0.1, 0.15) is 73.8 Å². The smallest absolute Gasteiger partial charge is 0.342 e. The number of hydrogen-bond donors (Lipinski definition) is 5. The first-order valence-corrected chi connectivity index (χ1v) is 16.7. The number of nitrogens with zero attached hydrogens (tertiary/aromatic N) is 1. The molecule has 16 heteroatoms. The van der Waals surface area contributed by atoms with E-state index in [4.69, 9.17) is 18.7 Å². The van der Waals surface area contributed by atoms with Crippen LogP contribution in [-0.4, -0.2) is 87.0 Å². The van der Waals surface area contributed by atoms with E-state index >= 15 is 0 Å². The van der Waals surface area contributed by atoms with E-state index in [2.05, 4.69) is 15.2 Å². The van der Waals surface area contributed by atoms with Crippen molar-refractivity contribution in [2.45, 2.75) is 109 Å². The number of ether oxygens (including phenoxy) is 3. The molecule has 3 rings (SSSR count). The van der Waals surface area contributed by atoms with Gasteiger partial charge in [-0.15, -0.1) is 0 Å². The number of fused-ring (bicyclic) bond motifs is 1. The third-order valence-electron chi connectivity index (χ3n) is 7.97. The van der Waals surface area contributed by atoms with E-state index in [-0.39, 0.29) is 44.3 Å². The molecule has 1 saturated heterocycles. The predicted octanol–water partition coefficient (Wildman–Crippen LogP) is 0.990. The van der Waals surface area contributed by atoms with Crippen LogP contribution in [0.15, 0.2) is 21.9 Å². The molecule has 0 aromatic carbocycles. The molecule has 0 radical (unpaired) electrons. The maximum atomic E-state index is 14.4. The highest BCUT2D eigenvalue weighted by atomic mass is 31.2. The zero-order valence-electron chi connectivity index (χ0n) is 26.4. The molecular formula is C28H47N4O11P. The topological polar surface area (TPSA) is 208 Å². The standard InChI is InChI=1S/C28H47N4O11P/c1-8-40-24(35)18(12-16(3)4)30-44(39,31-19(13-17(5)6)25(36)41-9-2)42-15-20-23(34)28(38)21(14-27(28,7)43-20)32-11-10-22(33)29-26(32)37/h10-11,16-21,23,34,38H,8-9,12-15H2,1-7H3,(H,29,33,37)(H2,30,31,39)/t18?,19?,20-,21?,23?,27?,28?,44?/m1/s1. The molecule has 7 atom stereocenters. The van der Waals surface area contributed by atoms with Gasteiger partial charge in [0.1, 0.15) is 35.5 Å². The van der Waals surface area contributed by atoms with Gasteiger partial charge in [-0.3, -0.25) is 28.5 Å². The van der Waals surface area contributed by atoms with Crippen LogP contribution >= 0.6 is 7.67 Å². The fourth-order valence-electron chi connectivity index (χ4n) is 5.88. The third kappa shape index (κ3) is 7.69. The second-order valence-electron chi connectivity index (χ2n) is 12.4. The normalized spacial score (nSPS) is 29.0. The molecule has 0 amide bonds. The number of H-pyrrole nitrogens is 1. The summed E-state index contributed by atoms with van der Waals surface area (Å²) in [4.78, 5) is 51.8. The Morgan fingerprint density at radius 1 is 1.09 bits per heavy atom. The van der Waals surface area contributed by atoms with Crippen molar-refractivity contribution >= 4 is 19.6 Å². The summed E-state index contributed by atoms with van der Waals surface area (Å²) in [6, 6.07) is -1.94. The lowest BCUT2D eigenvalue weighted by atomic mass is 9.60. The highest BCUT2D eigenvalue weighted by Crippen LogP contribution is 2.60. The van der Waals surface area contributed by atoms with Crippen molar-refractivity contribution in [3.05, 3.63) is 33.1 Å². The molecule has 1 aliphatic carbocycles. The van der Waals surface area contributed by atoms with Gasteiger partial charge >= 0.3 is 25.3 Å². The van der Waals surface area contributed by atoms with Crippen LogP contribution in [-0.2, 0) is 32.9 Å². The Balaban J connectivity index is 1.90. The lowest BCUT2D eigenvalue weighted by Gasteiger charge is -2.55. The number of esters is 2. The van der Waals surface area contributed by atoms with Gasteiger partial charge < -0.3 is 28.9 Å². The Morgan fingerprint density at radius 3 is 2.07 bits per heavy atom. The van der Waals surface area contributed by atoms with Gasteiger partial charge in [0, 0.05) is 18.7 Å². The summed E-state index contributed by atoms with van der Waals surface area (Å²) in [5.74, 6) is -1.34. The van der Waals surface area contributed by atoms with Crippen molar-refractivity contribution in [2.75, 3.05) is 19.8 Å². The Hall–Kier alpha value is -2.39. The lowest BCUT2D eigenvalue weighted by Crippen LogP contribution is -2.70. The fraction of sp³-hybridized carbons (Fsp3) is 0.786. The molecule has 5 N–H and O–H groups in total. The molecule has 2 aliphatic rings. The minimum Gasteiger partial charge on any atom is -0.465 e. The first kappa shape index (κ1) is 36.1. The summed E-state index contributed by atoms with van der Waals surface area (Å²) in [7, 11) is -4.30. The van der Waals surface area contributed by atoms with Gasteiger partial charge in [-0.25, -0.2) is 15.0 Å². The Bertz CT molecular complexity index is 1290. The van der Waals surface area contributed by atoms with Crippen LogP contribution in [0.5, 0.6) is 0 Å². The molecule has 1 aromatic rings. The van der Waals surface area contributed by atoms with Crippen molar-refractivity contribution in [2.24, 2.45) is 11.8 Å². The van der Waals surface area contributed by atoms with Gasteiger partial charge in [0.05, 0.1) is 25.9 Å². The maximum Gasteiger partial charge on any atom is 0.342 e. The second-order valence-corrected chi connectivity index (χ2v) is 14.2. The van der Waals surface area contributed by atoms with Crippen LogP contribution in [0.3, 0.4) is 0 Å².